The van der Waals surface area contributed by atoms with Crippen LogP contribution in [0.1, 0.15) is 0 Å². The van der Waals surface area contributed by atoms with Crippen molar-refractivity contribution in [2.75, 3.05) is 16.2 Å². The Kier molecular flexibility index (Phi) is 6.42. The van der Waals surface area contributed by atoms with Gasteiger partial charge < -0.3 is 5.32 Å². The summed E-state index contributed by atoms with van der Waals surface area (Å²) in [5.41, 5.74) is -0.0292. The summed E-state index contributed by atoms with van der Waals surface area (Å²) in [5.74, 6) is -1.49. The van der Waals surface area contributed by atoms with Gasteiger partial charge in [0.1, 0.15) is 12.4 Å². The number of carbonyl (C=O) groups excluding carboxylic acids is 1. The summed E-state index contributed by atoms with van der Waals surface area (Å²) in [6.07, 6.45) is 0. The van der Waals surface area contributed by atoms with E-state index in [1.54, 1.807) is 12.1 Å². The number of nitrogens with one attached hydrogen (secondary N) is 1. The molecule has 0 aliphatic heterocycles. The maximum absolute atomic E-state index is 14.4. The summed E-state index contributed by atoms with van der Waals surface area (Å²) in [7, 11) is -4.21. The van der Waals surface area contributed by atoms with Crippen LogP contribution >= 0.6 is 23.2 Å². The molecule has 0 saturated heterocycles. The van der Waals surface area contributed by atoms with Gasteiger partial charge in [-0.3, -0.25) is 9.10 Å². The molecule has 0 unspecified atom stereocenters. The average Bonchev–Trinajstić information content (AvgIpc) is 2.70. The van der Waals surface area contributed by atoms with Crippen LogP contribution < -0.4 is 9.62 Å². The number of hydrogen-bond acceptors (Lipinski definition) is 3. The zero-order chi connectivity index (χ0) is 21.0. The Morgan fingerprint density at radius 2 is 1.62 bits per heavy atom. The molecule has 0 fully saturated rings. The molecule has 29 heavy (non-hydrogen) atoms. The highest BCUT2D eigenvalue weighted by molar-refractivity contribution is 7.92. The fourth-order valence-corrected chi connectivity index (χ4v) is 4.37. The summed E-state index contributed by atoms with van der Waals surface area (Å²) >= 11 is 11.9. The van der Waals surface area contributed by atoms with Crippen LogP contribution in [-0.2, 0) is 14.8 Å². The number of halogens is 3. The van der Waals surface area contributed by atoms with Gasteiger partial charge in [-0.2, -0.15) is 0 Å². The molecular formula is C20H15Cl2FN2O3S. The van der Waals surface area contributed by atoms with Crippen LogP contribution in [0.2, 0.25) is 10.0 Å². The van der Waals surface area contributed by atoms with E-state index in [-0.39, 0.29) is 21.3 Å². The number of hydrogen-bond donors (Lipinski definition) is 1. The summed E-state index contributed by atoms with van der Waals surface area (Å²) in [5, 5.41) is 3.08. The van der Waals surface area contributed by atoms with E-state index in [0.29, 0.717) is 9.33 Å². The molecule has 0 aliphatic carbocycles. The van der Waals surface area contributed by atoms with Gasteiger partial charge in [0.15, 0.2) is 0 Å². The minimum Gasteiger partial charge on any atom is -0.323 e. The average molecular weight is 453 g/mol. The first kappa shape index (κ1) is 21.1. The third-order valence-corrected chi connectivity index (χ3v) is 6.28. The number of carbonyl (C=O) groups is 1. The highest BCUT2D eigenvalue weighted by atomic mass is 35.5. The normalized spacial score (nSPS) is 11.1. The molecule has 0 spiro atoms. The molecule has 0 heterocycles. The first-order valence-electron chi connectivity index (χ1n) is 8.36. The van der Waals surface area contributed by atoms with Crippen LogP contribution in [0.3, 0.4) is 0 Å². The number of nitrogens with zero attached hydrogens (tertiary/aromatic N) is 1. The number of rotatable bonds is 6. The molecule has 0 atom stereocenters. The lowest BCUT2D eigenvalue weighted by atomic mass is 10.3. The lowest BCUT2D eigenvalue weighted by molar-refractivity contribution is -0.114. The van der Waals surface area contributed by atoms with Crippen LogP contribution in [0, 0.1) is 5.82 Å². The molecule has 0 aromatic heterocycles. The predicted molar refractivity (Wildman–Crippen MR) is 112 cm³/mol. The van der Waals surface area contributed by atoms with E-state index in [4.69, 9.17) is 23.2 Å². The fraction of sp³-hybridized carbons (Fsp3) is 0.0500. The number of benzene rings is 3. The molecule has 9 heteroatoms. The quantitative estimate of drug-likeness (QED) is 0.574. The van der Waals surface area contributed by atoms with Gasteiger partial charge in [-0.15, -0.1) is 0 Å². The van der Waals surface area contributed by atoms with Crippen molar-refractivity contribution in [2.45, 2.75) is 4.90 Å². The Morgan fingerprint density at radius 1 is 0.966 bits per heavy atom. The van der Waals surface area contributed by atoms with E-state index < -0.39 is 28.3 Å². The highest BCUT2D eigenvalue weighted by Gasteiger charge is 2.29. The minimum absolute atomic E-state index is 0.0724. The Hall–Kier alpha value is -2.61. The second kappa shape index (κ2) is 8.82. The molecule has 0 aliphatic rings. The molecule has 0 saturated carbocycles. The van der Waals surface area contributed by atoms with E-state index in [1.165, 1.54) is 54.6 Å². The molecule has 1 amide bonds. The van der Waals surface area contributed by atoms with E-state index in [9.17, 15) is 17.6 Å². The second-order valence-electron chi connectivity index (χ2n) is 5.95. The summed E-state index contributed by atoms with van der Waals surface area (Å²) in [6, 6.07) is 17.3. The molecule has 3 aromatic rings. The maximum Gasteiger partial charge on any atom is 0.264 e. The standard InChI is InChI=1S/C20H15Cl2FN2O3S/c21-14-10-11-16(22)18(12-14)24-20(26)13-25(19-9-5-4-8-17(19)23)29(27,28)15-6-2-1-3-7-15/h1-12H,13H2,(H,24,26). The van der Waals surface area contributed by atoms with Crippen LogP contribution in [0.5, 0.6) is 0 Å². The largest absolute Gasteiger partial charge is 0.323 e. The zero-order valence-electron chi connectivity index (χ0n) is 14.8. The molecule has 0 bridgehead atoms. The Balaban J connectivity index is 1.97. The fourth-order valence-electron chi connectivity index (χ4n) is 2.59. The van der Waals surface area contributed by atoms with Crippen LogP contribution in [-0.4, -0.2) is 20.9 Å². The third kappa shape index (κ3) is 4.87. The summed E-state index contributed by atoms with van der Waals surface area (Å²) < 4.78 is 41.4. The van der Waals surface area contributed by atoms with Crippen LogP contribution in [0.15, 0.2) is 77.7 Å². The van der Waals surface area contributed by atoms with Crippen molar-refractivity contribution in [3.8, 4) is 0 Å². The van der Waals surface area contributed by atoms with E-state index >= 15 is 0 Å². The first-order chi connectivity index (χ1) is 13.8. The van der Waals surface area contributed by atoms with Gasteiger partial charge in [0.25, 0.3) is 10.0 Å². The topological polar surface area (TPSA) is 66.5 Å². The van der Waals surface area contributed by atoms with Crippen LogP contribution in [0.25, 0.3) is 0 Å². The van der Waals surface area contributed by atoms with E-state index in [1.807, 2.05) is 0 Å². The second-order valence-corrected chi connectivity index (χ2v) is 8.65. The molecule has 5 nitrogen and oxygen atoms in total. The smallest absolute Gasteiger partial charge is 0.264 e. The monoisotopic (exact) mass is 452 g/mol. The van der Waals surface area contributed by atoms with Crippen molar-refractivity contribution in [2.24, 2.45) is 0 Å². The molecule has 3 aromatic carbocycles. The lowest BCUT2D eigenvalue weighted by Crippen LogP contribution is -2.38. The van der Waals surface area contributed by atoms with Gasteiger partial charge in [-0.1, -0.05) is 53.5 Å². The van der Waals surface area contributed by atoms with Crippen molar-refractivity contribution < 1.29 is 17.6 Å². The first-order valence-corrected chi connectivity index (χ1v) is 10.6. The molecule has 150 valence electrons. The van der Waals surface area contributed by atoms with Gasteiger partial charge in [0.05, 0.1) is 21.3 Å². The van der Waals surface area contributed by atoms with Gasteiger partial charge >= 0.3 is 0 Å². The summed E-state index contributed by atoms with van der Waals surface area (Å²) in [6.45, 7) is -0.666. The molecule has 3 rings (SSSR count). The SMILES string of the molecule is O=C(CN(c1ccccc1F)S(=O)(=O)c1ccccc1)Nc1cc(Cl)ccc1Cl. The Bertz CT molecular complexity index is 1140. The predicted octanol–water partition coefficient (Wildman–Crippen LogP) is 4.97. The number of amides is 1. The van der Waals surface area contributed by atoms with Crippen LogP contribution in [0.4, 0.5) is 15.8 Å². The number of sulfonamides is 1. The van der Waals surface area contributed by atoms with E-state index in [0.717, 1.165) is 6.07 Å². The molecule has 1 N–H and O–H groups in total. The molecule has 0 radical (unpaired) electrons. The van der Waals surface area contributed by atoms with Crippen molar-refractivity contribution in [1.29, 1.82) is 0 Å². The van der Waals surface area contributed by atoms with Crippen molar-refractivity contribution >= 4 is 50.5 Å². The summed E-state index contributed by atoms with van der Waals surface area (Å²) in [4.78, 5) is 12.5. The van der Waals surface area contributed by atoms with Crippen molar-refractivity contribution in [3.05, 3.63) is 88.7 Å². The maximum atomic E-state index is 14.4. The Morgan fingerprint density at radius 3 is 2.31 bits per heavy atom. The molecular weight excluding hydrogens is 438 g/mol. The van der Waals surface area contributed by atoms with Gasteiger partial charge in [-0.05, 0) is 42.5 Å². The number of anilines is 2. The number of para-hydroxylation sites is 1. The minimum atomic E-state index is -4.21. The highest BCUT2D eigenvalue weighted by Crippen LogP contribution is 2.28. The van der Waals surface area contributed by atoms with Crippen molar-refractivity contribution in [1.82, 2.24) is 0 Å². The lowest BCUT2D eigenvalue weighted by Gasteiger charge is -2.24. The Labute approximate surface area is 177 Å². The zero-order valence-corrected chi connectivity index (χ0v) is 17.2. The van der Waals surface area contributed by atoms with E-state index in [2.05, 4.69) is 5.32 Å². The van der Waals surface area contributed by atoms with Gasteiger partial charge in [-0.25, -0.2) is 12.8 Å². The van der Waals surface area contributed by atoms with Crippen molar-refractivity contribution in [3.63, 3.8) is 0 Å². The van der Waals surface area contributed by atoms with Gasteiger partial charge in [0.2, 0.25) is 5.91 Å². The third-order valence-electron chi connectivity index (χ3n) is 3.94. The van der Waals surface area contributed by atoms with Gasteiger partial charge in [0, 0.05) is 5.02 Å².